The number of benzene rings is 2. The van der Waals surface area contributed by atoms with E-state index in [-0.39, 0.29) is 11.8 Å². The fourth-order valence-electron chi connectivity index (χ4n) is 3.76. The van der Waals surface area contributed by atoms with E-state index in [2.05, 4.69) is 35.4 Å². The second-order valence-electron chi connectivity index (χ2n) is 7.67. The van der Waals surface area contributed by atoms with Gasteiger partial charge in [-0.25, -0.2) is 0 Å². The SMILES string of the molecule is C=C(C(=O)N1CCN(C(C)=O)CC1)c1ccc(Sc2ccc3c(ccn3C)c2)c(Cl)c1. The van der Waals surface area contributed by atoms with Crippen molar-refractivity contribution >= 4 is 51.7 Å². The van der Waals surface area contributed by atoms with Crippen molar-refractivity contribution in [3.8, 4) is 0 Å². The zero-order valence-electron chi connectivity index (χ0n) is 17.6. The monoisotopic (exact) mass is 453 g/mol. The number of aryl methyl sites for hydroxylation is 1. The topological polar surface area (TPSA) is 45.6 Å². The van der Waals surface area contributed by atoms with Crippen LogP contribution in [0.3, 0.4) is 0 Å². The number of rotatable bonds is 4. The number of carbonyl (C=O) groups is 2. The van der Waals surface area contributed by atoms with Crippen LogP contribution in [0.5, 0.6) is 0 Å². The van der Waals surface area contributed by atoms with Crippen LogP contribution < -0.4 is 0 Å². The van der Waals surface area contributed by atoms with Crippen molar-refractivity contribution in [3.05, 3.63) is 65.8 Å². The Labute approximate surface area is 191 Å². The molecule has 0 saturated carbocycles. The number of fused-ring (bicyclic) bond motifs is 1. The van der Waals surface area contributed by atoms with Gasteiger partial charge in [0.1, 0.15) is 0 Å². The molecule has 5 nitrogen and oxygen atoms in total. The second kappa shape index (κ2) is 8.81. The molecule has 2 aromatic carbocycles. The normalized spacial score (nSPS) is 14.2. The Kier molecular flexibility index (Phi) is 6.12. The number of hydrogen-bond donors (Lipinski definition) is 0. The molecule has 0 unspecified atom stereocenters. The van der Waals surface area contributed by atoms with Crippen LogP contribution >= 0.6 is 23.4 Å². The molecule has 0 N–H and O–H groups in total. The molecule has 3 aromatic rings. The van der Waals surface area contributed by atoms with Crippen molar-refractivity contribution in [1.29, 1.82) is 0 Å². The summed E-state index contributed by atoms with van der Waals surface area (Å²) in [6, 6.07) is 14.1. The Hall–Kier alpha value is -2.70. The summed E-state index contributed by atoms with van der Waals surface area (Å²) in [5.41, 5.74) is 2.32. The van der Waals surface area contributed by atoms with Gasteiger partial charge in [-0.3, -0.25) is 9.59 Å². The van der Waals surface area contributed by atoms with Gasteiger partial charge in [0.15, 0.2) is 0 Å². The summed E-state index contributed by atoms with van der Waals surface area (Å²) in [6.45, 7) is 7.69. The molecule has 2 heterocycles. The fraction of sp³-hybridized carbons (Fsp3) is 0.250. The molecule has 1 aromatic heterocycles. The Morgan fingerprint density at radius 1 is 1.00 bits per heavy atom. The summed E-state index contributed by atoms with van der Waals surface area (Å²) < 4.78 is 2.09. The first-order valence-electron chi connectivity index (χ1n) is 10.1. The maximum Gasteiger partial charge on any atom is 0.253 e. The summed E-state index contributed by atoms with van der Waals surface area (Å²) in [6.07, 6.45) is 2.05. The van der Waals surface area contributed by atoms with E-state index in [1.807, 2.05) is 25.4 Å². The Balaban J connectivity index is 1.45. The smallest absolute Gasteiger partial charge is 0.253 e. The van der Waals surface area contributed by atoms with Crippen molar-refractivity contribution in [3.63, 3.8) is 0 Å². The van der Waals surface area contributed by atoms with Crippen LogP contribution in [0.25, 0.3) is 16.5 Å². The van der Waals surface area contributed by atoms with Gasteiger partial charge in [-0.15, -0.1) is 0 Å². The zero-order chi connectivity index (χ0) is 22.1. The van der Waals surface area contributed by atoms with Crippen LogP contribution in [0.4, 0.5) is 0 Å². The van der Waals surface area contributed by atoms with Crippen molar-refractivity contribution in [2.45, 2.75) is 16.7 Å². The molecule has 1 aliphatic rings. The molecule has 0 radical (unpaired) electrons. The van der Waals surface area contributed by atoms with Gasteiger partial charge < -0.3 is 14.4 Å². The first-order chi connectivity index (χ1) is 14.8. The molecule has 0 aliphatic carbocycles. The molecule has 160 valence electrons. The number of halogens is 1. The van der Waals surface area contributed by atoms with Crippen LogP contribution in [0.2, 0.25) is 5.02 Å². The average Bonchev–Trinajstić information content (AvgIpc) is 3.14. The third kappa shape index (κ3) is 4.50. The third-order valence-electron chi connectivity index (χ3n) is 5.64. The van der Waals surface area contributed by atoms with Gasteiger partial charge in [-0.1, -0.05) is 36.0 Å². The van der Waals surface area contributed by atoms with Gasteiger partial charge in [0, 0.05) is 72.6 Å². The predicted octanol–water partition coefficient (Wildman–Crippen LogP) is 4.69. The van der Waals surface area contributed by atoms with Crippen LogP contribution in [0.15, 0.2) is 65.0 Å². The number of piperazine rings is 1. The van der Waals surface area contributed by atoms with Crippen molar-refractivity contribution < 1.29 is 9.59 Å². The predicted molar refractivity (Wildman–Crippen MR) is 126 cm³/mol. The number of hydrogen-bond acceptors (Lipinski definition) is 3. The van der Waals surface area contributed by atoms with E-state index in [4.69, 9.17) is 11.6 Å². The molecule has 1 saturated heterocycles. The Morgan fingerprint density at radius 2 is 1.71 bits per heavy atom. The molecule has 4 rings (SSSR count). The lowest BCUT2D eigenvalue weighted by molar-refractivity contribution is -0.135. The van der Waals surface area contributed by atoms with Crippen molar-refractivity contribution in [2.24, 2.45) is 7.05 Å². The minimum absolute atomic E-state index is 0.0391. The summed E-state index contributed by atoms with van der Waals surface area (Å²) in [5, 5.41) is 1.77. The first-order valence-corrected chi connectivity index (χ1v) is 11.3. The van der Waals surface area contributed by atoms with E-state index in [9.17, 15) is 9.59 Å². The van der Waals surface area contributed by atoms with E-state index in [0.29, 0.717) is 42.3 Å². The fourth-order valence-corrected chi connectivity index (χ4v) is 4.92. The number of amides is 2. The second-order valence-corrected chi connectivity index (χ2v) is 9.19. The van der Waals surface area contributed by atoms with E-state index >= 15 is 0 Å². The zero-order valence-corrected chi connectivity index (χ0v) is 19.2. The lowest BCUT2D eigenvalue weighted by Gasteiger charge is -2.34. The highest BCUT2D eigenvalue weighted by molar-refractivity contribution is 7.99. The maximum atomic E-state index is 12.9. The van der Waals surface area contributed by atoms with Gasteiger partial charge in [0.05, 0.1) is 5.02 Å². The molecule has 2 amide bonds. The van der Waals surface area contributed by atoms with Gasteiger partial charge >= 0.3 is 0 Å². The van der Waals surface area contributed by atoms with Gasteiger partial charge in [0.25, 0.3) is 5.91 Å². The standard InChI is InChI=1S/C24H24ClN3O2S/c1-16(24(30)28-12-10-27(11-13-28)17(2)29)18-4-7-23(21(25)15-18)31-20-5-6-22-19(14-20)8-9-26(22)3/h4-9,14-15H,1,10-13H2,2-3H3. The Morgan fingerprint density at radius 3 is 2.39 bits per heavy atom. The molecule has 0 spiro atoms. The van der Waals surface area contributed by atoms with Gasteiger partial charge in [0.2, 0.25) is 5.91 Å². The molecule has 7 heteroatoms. The van der Waals surface area contributed by atoms with Crippen LogP contribution in [0.1, 0.15) is 12.5 Å². The molecule has 31 heavy (non-hydrogen) atoms. The molecule has 1 aliphatic heterocycles. The summed E-state index contributed by atoms with van der Waals surface area (Å²) in [4.78, 5) is 29.9. The summed E-state index contributed by atoms with van der Waals surface area (Å²) in [7, 11) is 2.03. The molecular weight excluding hydrogens is 430 g/mol. The van der Waals surface area contributed by atoms with Crippen LogP contribution in [-0.2, 0) is 16.6 Å². The highest BCUT2D eigenvalue weighted by atomic mass is 35.5. The van der Waals surface area contributed by atoms with E-state index < -0.39 is 0 Å². The largest absolute Gasteiger partial charge is 0.351 e. The van der Waals surface area contributed by atoms with Crippen LogP contribution in [-0.4, -0.2) is 52.4 Å². The minimum Gasteiger partial charge on any atom is -0.351 e. The van der Waals surface area contributed by atoms with Crippen molar-refractivity contribution in [1.82, 2.24) is 14.4 Å². The Bertz CT molecular complexity index is 1180. The molecule has 0 bridgehead atoms. The number of carbonyl (C=O) groups excluding carboxylic acids is 2. The van der Waals surface area contributed by atoms with E-state index in [1.54, 1.807) is 34.6 Å². The number of aromatic nitrogens is 1. The van der Waals surface area contributed by atoms with Crippen LogP contribution in [0, 0.1) is 0 Å². The quantitative estimate of drug-likeness (QED) is 0.538. The van der Waals surface area contributed by atoms with E-state index in [0.717, 1.165) is 9.79 Å². The number of nitrogens with zero attached hydrogens (tertiary/aromatic N) is 3. The minimum atomic E-state index is -0.116. The third-order valence-corrected chi connectivity index (χ3v) is 7.13. The van der Waals surface area contributed by atoms with E-state index in [1.165, 1.54) is 10.9 Å². The maximum absolute atomic E-state index is 12.9. The molecule has 0 atom stereocenters. The first kappa shape index (κ1) is 21.5. The average molecular weight is 454 g/mol. The highest BCUT2D eigenvalue weighted by Crippen LogP contribution is 2.36. The molecular formula is C24H24ClN3O2S. The lowest BCUT2D eigenvalue weighted by Crippen LogP contribution is -2.50. The lowest BCUT2D eigenvalue weighted by atomic mass is 10.1. The highest BCUT2D eigenvalue weighted by Gasteiger charge is 2.24. The van der Waals surface area contributed by atoms with Crippen molar-refractivity contribution in [2.75, 3.05) is 26.2 Å². The van der Waals surface area contributed by atoms with Gasteiger partial charge in [-0.2, -0.15) is 0 Å². The summed E-state index contributed by atoms with van der Waals surface area (Å²) in [5.74, 6) is -0.0774. The summed E-state index contributed by atoms with van der Waals surface area (Å²) >= 11 is 8.15. The molecule has 1 fully saturated rings. The van der Waals surface area contributed by atoms with Gasteiger partial charge in [-0.05, 0) is 42.0 Å².